The first kappa shape index (κ1) is 22.7. The molecule has 1 saturated carbocycles. The molecule has 2 atom stereocenters. The van der Waals surface area contributed by atoms with Gasteiger partial charge in [-0.1, -0.05) is 26.2 Å². The maximum absolute atomic E-state index is 12.5. The number of nitrogens with two attached hydrogens (primary N) is 1. The van der Waals surface area contributed by atoms with Crippen molar-refractivity contribution < 1.29 is 13.2 Å². The molecule has 2 aliphatic rings. The number of carbonyl (C=O) groups excluding carboxylic acids is 1. The van der Waals surface area contributed by atoms with Crippen LogP contribution < -0.4 is 11.1 Å². The van der Waals surface area contributed by atoms with Gasteiger partial charge in [0.15, 0.2) is 0 Å². The van der Waals surface area contributed by atoms with Gasteiger partial charge >= 0.3 is 0 Å². The summed E-state index contributed by atoms with van der Waals surface area (Å²) in [5.41, 5.74) is 5.83. The Balaban J connectivity index is 0.00000312. The van der Waals surface area contributed by atoms with Crippen molar-refractivity contribution in [3.8, 4) is 0 Å². The molecule has 0 bridgehead atoms. The average molecular weight is 396 g/mol. The normalized spacial score (nSPS) is 26.0. The minimum Gasteiger partial charge on any atom is -0.353 e. The molecule has 0 radical (unpaired) electrons. The number of nitrogens with zero attached hydrogens (tertiary/aromatic N) is 1. The van der Waals surface area contributed by atoms with Crippen LogP contribution in [-0.2, 0) is 14.8 Å². The number of unbranched alkanes of at least 4 members (excludes halogenated alkanes) is 1. The summed E-state index contributed by atoms with van der Waals surface area (Å²) in [4.78, 5) is 12.5. The molecule has 1 heterocycles. The van der Waals surface area contributed by atoms with E-state index in [1.165, 1.54) is 6.42 Å². The minimum atomic E-state index is -3.15. The highest BCUT2D eigenvalue weighted by molar-refractivity contribution is 7.89. The number of amides is 1. The van der Waals surface area contributed by atoms with Gasteiger partial charge in [-0.05, 0) is 44.6 Å². The predicted molar refractivity (Wildman–Crippen MR) is 103 cm³/mol. The van der Waals surface area contributed by atoms with Crippen molar-refractivity contribution in [3.05, 3.63) is 0 Å². The zero-order valence-corrected chi connectivity index (χ0v) is 16.9. The highest BCUT2D eigenvalue weighted by Crippen LogP contribution is 2.25. The molecule has 1 aliphatic heterocycles. The number of carbonyl (C=O) groups is 1. The third-order valence-corrected chi connectivity index (χ3v) is 7.47. The standard InChI is InChI=1S/C17H33N3O3S.ClH/c1-2-3-12-24(22,23)20-10-8-14(9-11-20)17(21)19-16-7-5-4-6-15(16)13-18;/h14-16H,2-13,18H2,1H3,(H,19,21);1H. The molecule has 2 unspecified atom stereocenters. The molecule has 0 aromatic heterocycles. The van der Waals surface area contributed by atoms with Crippen molar-refractivity contribution in [2.24, 2.45) is 17.6 Å². The molecular formula is C17H34ClN3O3S. The number of hydrogen-bond donors (Lipinski definition) is 2. The fourth-order valence-corrected chi connectivity index (χ4v) is 5.51. The van der Waals surface area contributed by atoms with Crippen LogP contribution in [0.2, 0.25) is 0 Å². The van der Waals surface area contributed by atoms with Crippen molar-refractivity contribution in [2.45, 2.75) is 64.3 Å². The van der Waals surface area contributed by atoms with E-state index in [0.29, 0.717) is 44.8 Å². The molecule has 1 amide bonds. The number of piperidine rings is 1. The summed E-state index contributed by atoms with van der Waals surface area (Å²) in [5.74, 6) is 0.631. The Kier molecular flexibility index (Phi) is 9.70. The lowest BCUT2D eigenvalue weighted by atomic mass is 9.84. The van der Waals surface area contributed by atoms with Gasteiger partial charge in [0.25, 0.3) is 0 Å². The third-order valence-electron chi connectivity index (χ3n) is 5.51. The van der Waals surface area contributed by atoms with Crippen LogP contribution in [0.3, 0.4) is 0 Å². The van der Waals surface area contributed by atoms with Crippen LogP contribution in [0.1, 0.15) is 58.3 Å². The lowest BCUT2D eigenvalue weighted by Gasteiger charge is -2.34. The summed E-state index contributed by atoms with van der Waals surface area (Å²) in [6.45, 7) is 3.55. The summed E-state index contributed by atoms with van der Waals surface area (Å²) in [5, 5.41) is 3.19. The van der Waals surface area contributed by atoms with Gasteiger partial charge in [-0.15, -0.1) is 12.4 Å². The summed E-state index contributed by atoms with van der Waals surface area (Å²) >= 11 is 0. The van der Waals surface area contributed by atoms with E-state index in [0.717, 1.165) is 25.7 Å². The molecule has 0 aromatic rings. The van der Waals surface area contributed by atoms with E-state index in [1.54, 1.807) is 4.31 Å². The van der Waals surface area contributed by atoms with Crippen LogP contribution in [0, 0.1) is 11.8 Å². The smallest absolute Gasteiger partial charge is 0.223 e. The Morgan fingerprint density at radius 2 is 1.80 bits per heavy atom. The summed E-state index contributed by atoms with van der Waals surface area (Å²) in [6, 6.07) is 0.197. The van der Waals surface area contributed by atoms with Crippen molar-refractivity contribution in [2.75, 3.05) is 25.4 Å². The van der Waals surface area contributed by atoms with Crippen LogP contribution in [0.4, 0.5) is 0 Å². The largest absolute Gasteiger partial charge is 0.353 e. The molecule has 8 heteroatoms. The number of hydrogen-bond acceptors (Lipinski definition) is 4. The highest BCUT2D eigenvalue weighted by atomic mass is 35.5. The quantitative estimate of drug-likeness (QED) is 0.688. The van der Waals surface area contributed by atoms with E-state index >= 15 is 0 Å². The lowest BCUT2D eigenvalue weighted by Crippen LogP contribution is -2.49. The van der Waals surface area contributed by atoms with E-state index in [9.17, 15) is 13.2 Å². The molecule has 148 valence electrons. The summed E-state index contributed by atoms with van der Waals surface area (Å²) in [7, 11) is -3.15. The minimum absolute atomic E-state index is 0. The van der Waals surface area contributed by atoms with Crippen molar-refractivity contribution in [3.63, 3.8) is 0 Å². The maximum atomic E-state index is 12.5. The first-order chi connectivity index (χ1) is 11.5. The SMILES string of the molecule is CCCCS(=O)(=O)N1CCC(C(=O)NC2CCCCC2CN)CC1.Cl. The number of rotatable bonds is 7. The fraction of sp³-hybridized carbons (Fsp3) is 0.941. The molecule has 6 nitrogen and oxygen atoms in total. The average Bonchev–Trinajstić information content (AvgIpc) is 2.60. The molecule has 2 rings (SSSR count). The van der Waals surface area contributed by atoms with Gasteiger partial charge in [0.2, 0.25) is 15.9 Å². The Morgan fingerprint density at radius 3 is 2.40 bits per heavy atom. The van der Waals surface area contributed by atoms with Gasteiger partial charge in [-0.25, -0.2) is 12.7 Å². The zero-order valence-electron chi connectivity index (χ0n) is 15.3. The molecule has 1 aliphatic carbocycles. The Hall–Kier alpha value is -0.370. The Labute approximate surface area is 158 Å². The number of sulfonamides is 1. The van der Waals surface area contributed by atoms with Gasteiger partial charge in [0.1, 0.15) is 0 Å². The second-order valence-corrected chi connectivity index (χ2v) is 9.33. The van der Waals surface area contributed by atoms with E-state index in [2.05, 4.69) is 5.32 Å². The van der Waals surface area contributed by atoms with Gasteiger partial charge in [0, 0.05) is 25.0 Å². The highest BCUT2D eigenvalue weighted by Gasteiger charge is 2.33. The molecule has 25 heavy (non-hydrogen) atoms. The predicted octanol–water partition coefficient (Wildman–Crippen LogP) is 1.88. The molecule has 2 fully saturated rings. The topological polar surface area (TPSA) is 92.5 Å². The monoisotopic (exact) mass is 395 g/mol. The zero-order chi connectivity index (χ0) is 17.6. The van der Waals surface area contributed by atoms with E-state index in [-0.39, 0.29) is 36.0 Å². The molecule has 0 aromatic carbocycles. The van der Waals surface area contributed by atoms with E-state index in [4.69, 9.17) is 5.73 Å². The first-order valence-electron chi connectivity index (χ1n) is 9.46. The van der Waals surface area contributed by atoms with Gasteiger partial charge in [-0.3, -0.25) is 4.79 Å². The second-order valence-electron chi connectivity index (χ2n) is 7.24. The first-order valence-corrected chi connectivity index (χ1v) is 11.1. The third kappa shape index (κ3) is 6.38. The van der Waals surface area contributed by atoms with E-state index < -0.39 is 10.0 Å². The van der Waals surface area contributed by atoms with Crippen LogP contribution in [0.5, 0.6) is 0 Å². The summed E-state index contributed by atoms with van der Waals surface area (Å²) in [6.07, 6.45) is 7.27. The van der Waals surface area contributed by atoms with Crippen LogP contribution >= 0.6 is 12.4 Å². The van der Waals surface area contributed by atoms with Crippen molar-refractivity contribution >= 4 is 28.3 Å². The summed E-state index contributed by atoms with van der Waals surface area (Å²) < 4.78 is 26.0. The Bertz CT molecular complexity index is 507. The second kappa shape index (κ2) is 10.7. The molecule has 1 saturated heterocycles. The van der Waals surface area contributed by atoms with Gasteiger partial charge < -0.3 is 11.1 Å². The number of nitrogens with one attached hydrogen (secondary N) is 1. The maximum Gasteiger partial charge on any atom is 0.223 e. The van der Waals surface area contributed by atoms with Crippen molar-refractivity contribution in [1.82, 2.24) is 9.62 Å². The number of halogens is 1. The van der Waals surface area contributed by atoms with E-state index in [1.807, 2.05) is 6.92 Å². The van der Waals surface area contributed by atoms with Gasteiger partial charge in [-0.2, -0.15) is 0 Å². The fourth-order valence-electron chi connectivity index (χ4n) is 3.83. The van der Waals surface area contributed by atoms with Gasteiger partial charge in [0.05, 0.1) is 5.75 Å². The molecule has 3 N–H and O–H groups in total. The lowest BCUT2D eigenvalue weighted by molar-refractivity contribution is -0.127. The van der Waals surface area contributed by atoms with Crippen LogP contribution in [-0.4, -0.2) is 50.1 Å². The van der Waals surface area contributed by atoms with Crippen molar-refractivity contribution in [1.29, 1.82) is 0 Å². The molecule has 0 spiro atoms. The van der Waals surface area contributed by atoms with Crippen LogP contribution in [0.15, 0.2) is 0 Å². The molecular weight excluding hydrogens is 362 g/mol. The van der Waals surface area contributed by atoms with Crippen LogP contribution in [0.25, 0.3) is 0 Å². The Morgan fingerprint density at radius 1 is 1.16 bits per heavy atom.